The Balaban J connectivity index is 1.72. The van der Waals surface area contributed by atoms with Gasteiger partial charge in [-0.2, -0.15) is 0 Å². The lowest BCUT2D eigenvalue weighted by Gasteiger charge is -2.22. The predicted octanol–water partition coefficient (Wildman–Crippen LogP) is 3.92. The largest absolute Gasteiger partial charge is 0.490 e. The van der Waals surface area contributed by atoms with Crippen molar-refractivity contribution in [3.8, 4) is 11.5 Å². The fourth-order valence-corrected chi connectivity index (χ4v) is 4.34. The lowest BCUT2D eigenvalue weighted by Crippen LogP contribution is -2.42. The SMILES string of the molecule is CCOc1ccc(/C=C2\SC(=O)N(CC(=O)N3CCCCCC3)C2=O)cc1OCC. The lowest BCUT2D eigenvalue weighted by molar-refractivity contribution is -0.135. The minimum absolute atomic E-state index is 0.167. The Morgan fingerprint density at radius 1 is 1.03 bits per heavy atom. The van der Waals surface area contributed by atoms with Crippen LogP contribution in [0.15, 0.2) is 23.1 Å². The topological polar surface area (TPSA) is 76.2 Å². The van der Waals surface area contributed by atoms with Crippen molar-refractivity contribution in [2.24, 2.45) is 0 Å². The van der Waals surface area contributed by atoms with Crippen LogP contribution >= 0.6 is 11.8 Å². The first-order valence-corrected chi connectivity index (χ1v) is 11.3. The van der Waals surface area contributed by atoms with E-state index in [9.17, 15) is 14.4 Å². The fraction of sp³-hybridized carbons (Fsp3) is 0.500. The molecular weight excluding hydrogens is 404 g/mol. The summed E-state index contributed by atoms with van der Waals surface area (Å²) in [5, 5.41) is -0.412. The van der Waals surface area contributed by atoms with Gasteiger partial charge in [-0.05, 0) is 62.2 Å². The van der Waals surface area contributed by atoms with Crippen LogP contribution in [0.3, 0.4) is 0 Å². The number of hydrogen-bond donors (Lipinski definition) is 0. The van der Waals surface area contributed by atoms with Gasteiger partial charge in [-0.3, -0.25) is 19.3 Å². The molecule has 8 heteroatoms. The number of rotatable bonds is 7. The standard InChI is InChI=1S/C22H28N2O5S/c1-3-28-17-10-9-16(13-18(17)29-4-2)14-19-21(26)24(22(27)30-19)15-20(25)23-11-7-5-6-8-12-23/h9-10,13-14H,3-8,11-12,15H2,1-2H3/b19-14-. The van der Waals surface area contributed by atoms with Crippen LogP contribution in [0.4, 0.5) is 4.79 Å². The van der Waals surface area contributed by atoms with Crippen molar-refractivity contribution in [1.82, 2.24) is 9.80 Å². The number of hydrogen-bond acceptors (Lipinski definition) is 6. The minimum Gasteiger partial charge on any atom is -0.490 e. The highest BCUT2D eigenvalue weighted by atomic mass is 32.2. The van der Waals surface area contributed by atoms with Gasteiger partial charge in [-0.15, -0.1) is 0 Å². The van der Waals surface area contributed by atoms with Gasteiger partial charge in [0, 0.05) is 13.1 Å². The van der Waals surface area contributed by atoms with Gasteiger partial charge in [0.2, 0.25) is 5.91 Å². The van der Waals surface area contributed by atoms with Crippen LogP contribution in [0.5, 0.6) is 11.5 Å². The summed E-state index contributed by atoms with van der Waals surface area (Å²) < 4.78 is 11.2. The molecule has 1 aromatic rings. The average molecular weight is 433 g/mol. The van der Waals surface area contributed by atoms with Gasteiger partial charge in [0.15, 0.2) is 11.5 Å². The third kappa shape index (κ3) is 5.36. The summed E-state index contributed by atoms with van der Waals surface area (Å²) in [7, 11) is 0. The van der Waals surface area contributed by atoms with Crippen molar-refractivity contribution in [3.63, 3.8) is 0 Å². The Kier molecular flexibility index (Phi) is 7.79. The summed E-state index contributed by atoms with van der Waals surface area (Å²) in [6.07, 6.45) is 5.81. The van der Waals surface area contributed by atoms with Crippen molar-refractivity contribution in [2.75, 3.05) is 32.8 Å². The maximum absolute atomic E-state index is 12.8. The van der Waals surface area contributed by atoms with E-state index in [2.05, 4.69) is 0 Å². The van der Waals surface area contributed by atoms with Gasteiger partial charge in [0.1, 0.15) is 6.54 Å². The maximum atomic E-state index is 12.8. The molecule has 2 saturated heterocycles. The second-order valence-electron chi connectivity index (χ2n) is 7.14. The first-order valence-electron chi connectivity index (χ1n) is 10.5. The highest BCUT2D eigenvalue weighted by Crippen LogP contribution is 2.34. The summed E-state index contributed by atoms with van der Waals surface area (Å²) in [6.45, 7) is 5.97. The number of thioether (sulfide) groups is 1. The minimum atomic E-state index is -0.431. The molecule has 0 N–H and O–H groups in total. The summed E-state index contributed by atoms with van der Waals surface area (Å²) in [5.74, 6) is 0.622. The van der Waals surface area contributed by atoms with E-state index in [-0.39, 0.29) is 12.5 Å². The van der Waals surface area contributed by atoms with Crippen LogP contribution in [-0.4, -0.2) is 59.7 Å². The molecule has 2 aliphatic rings. The molecule has 0 saturated carbocycles. The number of ether oxygens (including phenoxy) is 2. The predicted molar refractivity (Wildman–Crippen MR) is 117 cm³/mol. The Bertz CT molecular complexity index is 831. The van der Waals surface area contributed by atoms with Crippen LogP contribution in [0.25, 0.3) is 6.08 Å². The first kappa shape index (κ1) is 22.2. The van der Waals surface area contributed by atoms with Crippen molar-refractivity contribution in [1.29, 1.82) is 0 Å². The van der Waals surface area contributed by atoms with Gasteiger partial charge >= 0.3 is 0 Å². The summed E-state index contributed by atoms with van der Waals surface area (Å²) in [5.41, 5.74) is 0.728. The highest BCUT2D eigenvalue weighted by Gasteiger charge is 2.37. The molecule has 162 valence electrons. The molecule has 2 aliphatic heterocycles. The maximum Gasteiger partial charge on any atom is 0.294 e. The molecule has 3 rings (SSSR count). The van der Waals surface area contributed by atoms with Crippen LogP contribution in [0, 0.1) is 0 Å². The molecule has 0 bridgehead atoms. The molecule has 0 radical (unpaired) electrons. The summed E-state index contributed by atoms with van der Waals surface area (Å²) >= 11 is 0.859. The van der Waals surface area contributed by atoms with E-state index in [1.165, 1.54) is 0 Å². The van der Waals surface area contributed by atoms with Gasteiger partial charge in [-0.1, -0.05) is 18.9 Å². The molecule has 2 heterocycles. The zero-order valence-corrected chi connectivity index (χ0v) is 18.3. The van der Waals surface area contributed by atoms with Gasteiger partial charge < -0.3 is 14.4 Å². The number of likely N-dealkylation sites (tertiary alicyclic amines) is 1. The quantitative estimate of drug-likeness (QED) is 0.608. The van der Waals surface area contributed by atoms with E-state index in [1.807, 2.05) is 19.9 Å². The zero-order chi connectivity index (χ0) is 21.5. The van der Waals surface area contributed by atoms with Gasteiger partial charge in [0.25, 0.3) is 11.1 Å². The Hall–Kier alpha value is -2.48. The number of amides is 3. The molecule has 0 aliphatic carbocycles. The number of benzene rings is 1. The van der Waals surface area contributed by atoms with Crippen molar-refractivity contribution in [3.05, 3.63) is 28.7 Å². The van der Waals surface area contributed by atoms with Gasteiger partial charge in [0.05, 0.1) is 18.1 Å². The van der Waals surface area contributed by atoms with Crippen molar-refractivity contribution in [2.45, 2.75) is 39.5 Å². The van der Waals surface area contributed by atoms with Crippen LogP contribution in [0.2, 0.25) is 0 Å². The summed E-state index contributed by atoms with van der Waals surface area (Å²) in [4.78, 5) is 40.9. The van der Waals surface area contributed by atoms with E-state index in [0.717, 1.165) is 47.9 Å². The summed E-state index contributed by atoms with van der Waals surface area (Å²) in [6, 6.07) is 5.38. The molecule has 7 nitrogen and oxygen atoms in total. The zero-order valence-electron chi connectivity index (χ0n) is 17.5. The number of nitrogens with zero attached hydrogens (tertiary/aromatic N) is 2. The first-order chi connectivity index (χ1) is 14.5. The molecule has 0 unspecified atom stereocenters. The third-order valence-corrected chi connectivity index (χ3v) is 5.90. The molecule has 0 aromatic heterocycles. The molecule has 3 amide bonds. The smallest absolute Gasteiger partial charge is 0.294 e. The van der Waals surface area contributed by atoms with E-state index >= 15 is 0 Å². The monoisotopic (exact) mass is 432 g/mol. The number of imide groups is 1. The molecular formula is C22H28N2O5S. The van der Waals surface area contributed by atoms with Crippen LogP contribution in [-0.2, 0) is 9.59 Å². The third-order valence-electron chi connectivity index (χ3n) is 4.99. The van der Waals surface area contributed by atoms with Crippen LogP contribution in [0.1, 0.15) is 45.1 Å². The van der Waals surface area contributed by atoms with Crippen molar-refractivity contribution < 1.29 is 23.9 Å². The van der Waals surface area contributed by atoms with Gasteiger partial charge in [-0.25, -0.2) is 0 Å². The highest BCUT2D eigenvalue weighted by molar-refractivity contribution is 8.18. The molecule has 2 fully saturated rings. The fourth-order valence-electron chi connectivity index (χ4n) is 3.50. The van der Waals surface area contributed by atoms with Crippen LogP contribution < -0.4 is 9.47 Å². The molecule has 30 heavy (non-hydrogen) atoms. The van der Waals surface area contributed by atoms with E-state index in [4.69, 9.17) is 9.47 Å². The number of carbonyl (C=O) groups excluding carboxylic acids is 3. The molecule has 1 aromatic carbocycles. The van der Waals surface area contributed by atoms with Crippen molar-refractivity contribution >= 4 is 34.9 Å². The molecule has 0 atom stereocenters. The molecule has 0 spiro atoms. The van der Waals surface area contributed by atoms with E-state index < -0.39 is 11.1 Å². The Morgan fingerprint density at radius 3 is 2.37 bits per heavy atom. The Labute approximate surface area is 181 Å². The second kappa shape index (κ2) is 10.5. The van der Waals surface area contributed by atoms with E-state index in [0.29, 0.717) is 42.7 Å². The second-order valence-corrected chi connectivity index (χ2v) is 8.13. The van der Waals surface area contributed by atoms with E-state index in [1.54, 1.807) is 23.1 Å². The number of carbonyl (C=O) groups is 3. The normalized spacial score (nSPS) is 18.7. The Morgan fingerprint density at radius 2 is 1.70 bits per heavy atom. The lowest BCUT2D eigenvalue weighted by atomic mass is 10.2. The average Bonchev–Trinajstić information content (AvgIpc) is 2.93.